The number of ether oxygens (including phenoxy) is 2. The molecule has 1 heterocycles. The van der Waals surface area contributed by atoms with Crippen LogP contribution in [-0.2, 0) is 9.47 Å². The van der Waals surface area contributed by atoms with Crippen LogP contribution in [0, 0.1) is 5.41 Å². The van der Waals surface area contributed by atoms with Crippen LogP contribution >= 0.6 is 0 Å². The van der Waals surface area contributed by atoms with Crippen molar-refractivity contribution in [1.82, 2.24) is 0 Å². The molecule has 3 nitrogen and oxygen atoms in total. The van der Waals surface area contributed by atoms with Crippen LogP contribution in [0.2, 0.25) is 0 Å². The molecule has 0 saturated carbocycles. The second kappa shape index (κ2) is 6.72. The summed E-state index contributed by atoms with van der Waals surface area (Å²) in [7, 11) is 0. The lowest BCUT2D eigenvalue weighted by atomic mass is 9.83. The first-order valence-corrected chi connectivity index (χ1v) is 6.94. The molecular weight excluding hydrogens is 214 g/mol. The molecule has 1 aliphatic rings. The normalized spacial score (nSPS) is 24.9. The highest BCUT2D eigenvalue weighted by atomic mass is 16.5. The highest BCUT2D eigenvalue weighted by Crippen LogP contribution is 2.27. The molecule has 1 fully saturated rings. The first-order chi connectivity index (χ1) is 7.95. The third-order valence-corrected chi connectivity index (χ3v) is 3.43. The monoisotopic (exact) mass is 243 g/mol. The van der Waals surface area contributed by atoms with Crippen LogP contribution in [0.15, 0.2) is 0 Å². The highest BCUT2D eigenvalue weighted by molar-refractivity contribution is 4.85. The quantitative estimate of drug-likeness (QED) is 0.780. The maximum atomic E-state index is 6.29. The van der Waals surface area contributed by atoms with Crippen molar-refractivity contribution in [2.45, 2.75) is 71.6 Å². The van der Waals surface area contributed by atoms with E-state index in [0.717, 1.165) is 26.1 Å². The van der Waals surface area contributed by atoms with Gasteiger partial charge in [-0.15, -0.1) is 0 Å². The van der Waals surface area contributed by atoms with Gasteiger partial charge in [0.2, 0.25) is 0 Å². The molecule has 17 heavy (non-hydrogen) atoms. The summed E-state index contributed by atoms with van der Waals surface area (Å²) in [5.41, 5.74) is 6.39. The minimum atomic E-state index is 0.103. The summed E-state index contributed by atoms with van der Waals surface area (Å²) in [6.07, 6.45) is 5.03. The zero-order valence-corrected chi connectivity index (χ0v) is 11.9. The van der Waals surface area contributed by atoms with E-state index in [1.807, 2.05) is 6.92 Å². The molecule has 0 aromatic rings. The minimum Gasteiger partial charge on any atom is -0.378 e. The smallest absolute Gasteiger partial charge is 0.0773 e. The van der Waals surface area contributed by atoms with Crippen LogP contribution < -0.4 is 5.73 Å². The van der Waals surface area contributed by atoms with Crippen molar-refractivity contribution in [2.75, 3.05) is 13.2 Å². The maximum Gasteiger partial charge on any atom is 0.0773 e. The number of rotatable bonds is 6. The number of hydrogen-bond acceptors (Lipinski definition) is 3. The van der Waals surface area contributed by atoms with E-state index < -0.39 is 0 Å². The largest absolute Gasteiger partial charge is 0.378 e. The Hall–Kier alpha value is -0.120. The minimum absolute atomic E-state index is 0.103. The van der Waals surface area contributed by atoms with Crippen molar-refractivity contribution in [2.24, 2.45) is 11.1 Å². The van der Waals surface area contributed by atoms with E-state index in [1.165, 1.54) is 12.8 Å². The Kier molecular flexibility index (Phi) is 5.90. The standard InChI is InChI=1S/C14H29NO2/c1-5-16-13(14(2,3)4)12(15)9-8-11-7-6-10-17-11/h11-13H,5-10,15H2,1-4H3. The van der Waals surface area contributed by atoms with Crippen molar-refractivity contribution in [3.8, 4) is 0 Å². The fourth-order valence-corrected chi connectivity index (χ4v) is 2.60. The van der Waals surface area contributed by atoms with Crippen LogP contribution in [0.3, 0.4) is 0 Å². The fourth-order valence-electron chi connectivity index (χ4n) is 2.60. The van der Waals surface area contributed by atoms with Crippen LogP contribution in [0.25, 0.3) is 0 Å². The van der Waals surface area contributed by atoms with E-state index >= 15 is 0 Å². The first-order valence-electron chi connectivity index (χ1n) is 6.94. The van der Waals surface area contributed by atoms with Gasteiger partial charge in [-0.1, -0.05) is 20.8 Å². The topological polar surface area (TPSA) is 44.5 Å². The predicted molar refractivity (Wildman–Crippen MR) is 71.1 cm³/mol. The Balaban J connectivity index is 2.38. The molecule has 102 valence electrons. The molecule has 0 aliphatic carbocycles. The van der Waals surface area contributed by atoms with Gasteiger partial charge in [-0.2, -0.15) is 0 Å². The lowest BCUT2D eigenvalue weighted by Crippen LogP contribution is -2.45. The van der Waals surface area contributed by atoms with Gasteiger partial charge >= 0.3 is 0 Å². The molecule has 1 rings (SSSR count). The third-order valence-electron chi connectivity index (χ3n) is 3.43. The van der Waals surface area contributed by atoms with Crippen molar-refractivity contribution >= 4 is 0 Å². The molecule has 0 spiro atoms. The van der Waals surface area contributed by atoms with E-state index in [-0.39, 0.29) is 17.6 Å². The molecule has 3 heteroatoms. The van der Waals surface area contributed by atoms with Gasteiger partial charge in [-0.25, -0.2) is 0 Å². The molecule has 3 atom stereocenters. The van der Waals surface area contributed by atoms with E-state index in [9.17, 15) is 0 Å². The van der Waals surface area contributed by atoms with Crippen molar-refractivity contribution in [1.29, 1.82) is 0 Å². The Labute approximate surface area is 106 Å². The van der Waals surface area contributed by atoms with Gasteiger partial charge in [0.1, 0.15) is 0 Å². The molecular formula is C14H29NO2. The lowest BCUT2D eigenvalue weighted by Gasteiger charge is -2.35. The summed E-state index contributed by atoms with van der Waals surface area (Å²) in [5, 5.41) is 0. The molecule has 0 aromatic heterocycles. The van der Waals surface area contributed by atoms with Gasteiger partial charge in [0, 0.05) is 19.3 Å². The van der Waals surface area contributed by atoms with Gasteiger partial charge in [0.25, 0.3) is 0 Å². The molecule has 3 unspecified atom stereocenters. The Morgan fingerprint density at radius 3 is 2.59 bits per heavy atom. The SMILES string of the molecule is CCOC(C(N)CCC1CCCO1)C(C)(C)C. The van der Waals surface area contributed by atoms with Crippen molar-refractivity contribution in [3.63, 3.8) is 0 Å². The van der Waals surface area contributed by atoms with Crippen LogP contribution in [0.1, 0.15) is 53.4 Å². The van der Waals surface area contributed by atoms with Gasteiger partial charge < -0.3 is 15.2 Å². The summed E-state index contributed by atoms with van der Waals surface area (Å²) in [4.78, 5) is 0. The Morgan fingerprint density at radius 2 is 2.12 bits per heavy atom. The molecule has 0 amide bonds. The average molecular weight is 243 g/mol. The van der Waals surface area contributed by atoms with E-state index in [0.29, 0.717) is 6.10 Å². The fraction of sp³-hybridized carbons (Fsp3) is 1.00. The Morgan fingerprint density at radius 1 is 1.41 bits per heavy atom. The highest BCUT2D eigenvalue weighted by Gasteiger charge is 2.31. The van der Waals surface area contributed by atoms with Crippen LogP contribution in [-0.4, -0.2) is 31.5 Å². The summed E-state index contributed by atoms with van der Waals surface area (Å²) >= 11 is 0. The summed E-state index contributed by atoms with van der Waals surface area (Å²) in [5.74, 6) is 0. The van der Waals surface area contributed by atoms with Gasteiger partial charge in [-0.05, 0) is 38.0 Å². The molecule has 0 radical (unpaired) electrons. The van der Waals surface area contributed by atoms with Crippen molar-refractivity contribution in [3.05, 3.63) is 0 Å². The molecule has 0 bridgehead atoms. The van der Waals surface area contributed by atoms with E-state index in [4.69, 9.17) is 15.2 Å². The first kappa shape index (κ1) is 14.9. The van der Waals surface area contributed by atoms with Gasteiger partial charge in [0.05, 0.1) is 12.2 Å². The Bertz CT molecular complexity index is 207. The molecule has 1 saturated heterocycles. The van der Waals surface area contributed by atoms with E-state index in [1.54, 1.807) is 0 Å². The molecule has 1 aliphatic heterocycles. The van der Waals surface area contributed by atoms with Crippen LogP contribution in [0.4, 0.5) is 0 Å². The maximum absolute atomic E-state index is 6.29. The summed E-state index contributed by atoms with van der Waals surface area (Å²) in [6.45, 7) is 10.3. The average Bonchev–Trinajstić information content (AvgIpc) is 2.73. The summed E-state index contributed by atoms with van der Waals surface area (Å²) < 4.78 is 11.4. The predicted octanol–water partition coefficient (Wildman–Crippen LogP) is 2.72. The van der Waals surface area contributed by atoms with Gasteiger partial charge in [0.15, 0.2) is 0 Å². The lowest BCUT2D eigenvalue weighted by molar-refractivity contribution is -0.0318. The number of nitrogens with two attached hydrogens (primary N) is 1. The summed E-state index contributed by atoms with van der Waals surface area (Å²) in [6, 6.07) is 0.110. The third kappa shape index (κ3) is 4.94. The number of hydrogen-bond donors (Lipinski definition) is 1. The second-order valence-corrected chi connectivity index (χ2v) is 6.12. The molecule has 2 N–H and O–H groups in total. The zero-order valence-electron chi connectivity index (χ0n) is 11.9. The molecule has 0 aromatic carbocycles. The van der Waals surface area contributed by atoms with E-state index in [2.05, 4.69) is 20.8 Å². The van der Waals surface area contributed by atoms with Gasteiger partial charge in [-0.3, -0.25) is 0 Å². The second-order valence-electron chi connectivity index (χ2n) is 6.12. The zero-order chi connectivity index (χ0) is 12.9. The van der Waals surface area contributed by atoms with Crippen LogP contribution in [0.5, 0.6) is 0 Å². The van der Waals surface area contributed by atoms with Crippen molar-refractivity contribution < 1.29 is 9.47 Å².